The molecule has 126 valence electrons. The van der Waals surface area contributed by atoms with Crippen molar-refractivity contribution in [3.63, 3.8) is 0 Å². The van der Waals surface area contributed by atoms with Gasteiger partial charge in [0.25, 0.3) is 0 Å². The third-order valence-electron chi connectivity index (χ3n) is 4.05. The van der Waals surface area contributed by atoms with Crippen molar-refractivity contribution >= 4 is 17.5 Å². The second-order valence-corrected chi connectivity index (χ2v) is 7.15. The number of carbonyl (C=O) groups is 1. The molecule has 0 heterocycles. The van der Waals surface area contributed by atoms with E-state index in [-0.39, 0.29) is 11.6 Å². The standard InChI is InChI=1S/C22H19FOS/c1-15-3-7-17(8-4-15)22(24)21-13-19(23)10-9-18(21)14-25-20-11-5-16(2)6-12-20/h3-13H,14H2,1-2H3. The van der Waals surface area contributed by atoms with Gasteiger partial charge in [0.05, 0.1) is 0 Å². The lowest BCUT2D eigenvalue weighted by Crippen LogP contribution is -2.06. The van der Waals surface area contributed by atoms with Crippen molar-refractivity contribution in [2.45, 2.75) is 24.5 Å². The monoisotopic (exact) mass is 350 g/mol. The highest BCUT2D eigenvalue weighted by Gasteiger charge is 2.15. The highest BCUT2D eigenvalue weighted by Crippen LogP contribution is 2.26. The smallest absolute Gasteiger partial charge is 0.193 e. The molecule has 0 fully saturated rings. The van der Waals surface area contributed by atoms with Crippen molar-refractivity contribution in [3.8, 4) is 0 Å². The molecule has 0 aliphatic rings. The van der Waals surface area contributed by atoms with Gasteiger partial charge in [-0.1, -0.05) is 53.6 Å². The zero-order valence-electron chi connectivity index (χ0n) is 14.3. The van der Waals surface area contributed by atoms with Gasteiger partial charge in [-0.15, -0.1) is 11.8 Å². The van der Waals surface area contributed by atoms with Gasteiger partial charge in [-0.05, 0) is 43.7 Å². The maximum Gasteiger partial charge on any atom is 0.193 e. The Labute approximate surface area is 151 Å². The fraction of sp³-hybridized carbons (Fsp3) is 0.136. The number of carbonyl (C=O) groups excluding carboxylic acids is 1. The minimum atomic E-state index is -0.389. The Hall–Kier alpha value is -2.39. The first kappa shape index (κ1) is 17.4. The molecule has 0 unspecified atom stereocenters. The van der Waals surface area contributed by atoms with E-state index in [0.29, 0.717) is 16.9 Å². The molecule has 3 rings (SSSR count). The van der Waals surface area contributed by atoms with Crippen LogP contribution < -0.4 is 0 Å². The van der Waals surface area contributed by atoms with E-state index >= 15 is 0 Å². The molecule has 3 heteroatoms. The summed E-state index contributed by atoms with van der Waals surface area (Å²) in [5.41, 5.74) is 4.16. The van der Waals surface area contributed by atoms with Gasteiger partial charge < -0.3 is 0 Å². The van der Waals surface area contributed by atoms with E-state index in [2.05, 4.69) is 24.3 Å². The minimum absolute atomic E-state index is 0.140. The molecule has 3 aromatic carbocycles. The SMILES string of the molecule is Cc1ccc(SCc2ccc(F)cc2C(=O)c2ccc(C)cc2)cc1. The number of ketones is 1. The lowest BCUT2D eigenvalue weighted by Gasteiger charge is -2.10. The van der Waals surface area contributed by atoms with Gasteiger partial charge in [-0.25, -0.2) is 4.39 Å². The molecule has 25 heavy (non-hydrogen) atoms. The summed E-state index contributed by atoms with van der Waals surface area (Å²) in [5, 5.41) is 0. The topological polar surface area (TPSA) is 17.1 Å². The number of rotatable bonds is 5. The first-order valence-electron chi connectivity index (χ1n) is 8.12. The molecule has 0 aliphatic carbocycles. The summed E-state index contributed by atoms with van der Waals surface area (Å²) in [6, 6.07) is 20.1. The van der Waals surface area contributed by atoms with Crippen LogP contribution in [-0.4, -0.2) is 5.78 Å². The first-order chi connectivity index (χ1) is 12.0. The fourth-order valence-corrected chi connectivity index (χ4v) is 3.44. The Morgan fingerprint density at radius 2 is 1.48 bits per heavy atom. The van der Waals surface area contributed by atoms with E-state index in [1.807, 2.05) is 26.0 Å². The Balaban J connectivity index is 1.86. The lowest BCUT2D eigenvalue weighted by molar-refractivity contribution is 0.103. The molecule has 0 saturated heterocycles. The van der Waals surface area contributed by atoms with Crippen LogP contribution in [0.15, 0.2) is 71.6 Å². The predicted molar refractivity (Wildman–Crippen MR) is 102 cm³/mol. The number of hydrogen-bond acceptors (Lipinski definition) is 2. The third-order valence-corrected chi connectivity index (χ3v) is 5.11. The molecular formula is C22H19FOS. The van der Waals surface area contributed by atoms with Crippen molar-refractivity contribution in [3.05, 3.63) is 100 Å². The van der Waals surface area contributed by atoms with Gasteiger partial charge >= 0.3 is 0 Å². The second kappa shape index (κ2) is 7.66. The van der Waals surface area contributed by atoms with Crippen LogP contribution in [0.25, 0.3) is 0 Å². The zero-order valence-corrected chi connectivity index (χ0v) is 15.1. The maximum absolute atomic E-state index is 13.7. The highest BCUT2D eigenvalue weighted by molar-refractivity contribution is 7.98. The number of thioether (sulfide) groups is 1. The zero-order chi connectivity index (χ0) is 17.8. The van der Waals surface area contributed by atoms with Gasteiger partial charge in [0, 0.05) is 21.8 Å². The molecule has 0 aliphatic heterocycles. The van der Waals surface area contributed by atoms with Gasteiger partial charge in [0.15, 0.2) is 5.78 Å². The number of hydrogen-bond donors (Lipinski definition) is 0. The van der Waals surface area contributed by atoms with Gasteiger partial charge in [0.1, 0.15) is 5.82 Å². The molecule has 0 amide bonds. The molecule has 0 radical (unpaired) electrons. The molecule has 0 saturated carbocycles. The molecule has 3 aromatic rings. The van der Waals surface area contributed by atoms with Crippen LogP contribution in [0.2, 0.25) is 0 Å². The minimum Gasteiger partial charge on any atom is -0.289 e. The van der Waals surface area contributed by atoms with Crippen LogP contribution in [0.4, 0.5) is 4.39 Å². The highest BCUT2D eigenvalue weighted by atomic mass is 32.2. The summed E-state index contributed by atoms with van der Waals surface area (Å²) in [6.07, 6.45) is 0. The Kier molecular flexibility index (Phi) is 5.34. The van der Waals surface area contributed by atoms with E-state index < -0.39 is 0 Å². The Morgan fingerprint density at radius 3 is 2.12 bits per heavy atom. The summed E-state index contributed by atoms with van der Waals surface area (Å²) in [4.78, 5) is 13.9. The van der Waals surface area contributed by atoms with E-state index in [1.54, 1.807) is 30.0 Å². The van der Waals surface area contributed by atoms with Crippen molar-refractivity contribution < 1.29 is 9.18 Å². The third kappa shape index (κ3) is 4.37. The van der Waals surface area contributed by atoms with E-state index in [9.17, 15) is 9.18 Å². The molecule has 0 atom stereocenters. The molecular weight excluding hydrogens is 331 g/mol. The van der Waals surface area contributed by atoms with Crippen LogP contribution >= 0.6 is 11.8 Å². The van der Waals surface area contributed by atoms with Crippen LogP contribution in [0.1, 0.15) is 32.6 Å². The average Bonchev–Trinajstić information content (AvgIpc) is 2.62. The van der Waals surface area contributed by atoms with Crippen LogP contribution in [0, 0.1) is 19.7 Å². The van der Waals surface area contributed by atoms with E-state index in [1.165, 1.54) is 17.7 Å². The molecule has 0 aromatic heterocycles. The number of halogens is 1. The first-order valence-corrected chi connectivity index (χ1v) is 9.11. The Bertz CT molecular complexity index is 883. The molecule has 0 bridgehead atoms. The maximum atomic E-state index is 13.7. The molecule has 0 spiro atoms. The van der Waals surface area contributed by atoms with Crippen LogP contribution in [0.3, 0.4) is 0 Å². The lowest BCUT2D eigenvalue weighted by atomic mass is 9.98. The van der Waals surface area contributed by atoms with E-state index in [4.69, 9.17) is 0 Å². The van der Waals surface area contributed by atoms with Gasteiger partial charge in [-0.3, -0.25) is 4.79 Å². The largest absolute Gasteiger partial charge is 0.289 e. The van der Waals surface area contributed by atoms with Crippen molar-refractivity contribution in [2.75, 3.05) is 0 Å². The summed E-state index contributed by atoms with van der Waals surface area (Å²) in [5.74, 6) is 0.0922. The summed E-state index contributed by atoms with van der Waals surface area (Å²) in [6.45, 7) is 4.02. The van der Waals surface area contributed by atoms with Crippen molar-refractivity contribution in [2.24, 2.45) is 0 Å². The normalized spacial score (nSPS) is 10.7. The summed E-state index contributed by atoms with van der Waals surface area (Å²) >= 11 is 1.64. The van der Waals surface area contributed by atoms with Gasteiger partial charge in [0.2, 0.25) is 0 Å². The predicted octanol–water partition coefficient (Wildman–Crippen LogP) is 5.97. The quantitative estimate of drug-likeness (QED) is 0.417. The Morgan fingerprint density at radius 1 is 0.880 bits per heavy atom. The molecule has 1 nitrogen and oxygen atoms in total. The number of benzene rings is 3. The summed E-state index contributed by atoms with van der Waals surface area (Å²) in [7, 11) is 0. The van der Waals surface area contributed by atoms with E-state index in [0.717, 1.165) is 16.0 Å². The van der Waals surface area contributed by atoms with Gasteiger partial charge in [-0.2, -0.15) is 0 Å². The molecule has 0 N–H and O–H groups in total. The van der Waals surface area contributed by atoms with Crippen LogP contribution in [0.5, 0.6) is 0 Å². The van der Waals surface area contributed by atoms with Crippen LogP contribution in [-0.2, 0) is 5.75 Å². The van der Waals surface area contributed by atoms with Crippen molar-refractivity contribution in [1.82, 2.24) is 0 Å². The average molecular weight is 350 g/mol. The number of aryl methyl sites for hydroxylation is 2. The fourth-order valence-electron chi connectivity index (χ4n) is 2.54. The second-order valence-electron chi connectivity index (χ2n) is 6.10. The van der Waals surface area contributed by atoms with Crippen molar-refractivity contribution in [1.29, 1.82) is 0 Å². The summed E-state index contributed by atoms with van der Waals surface area (Å²) < 4.78 is 13.7.